The van der Waals surface area contributed by atoms with Gasteiger partial charge in [-0.1, -0.05) is 30.3 Å². The molecule has 27 heavy (non-hydrogen) atoms. The van der Waals surface area contributed by atoms with Crippen LogP contribution >= 0.6 is 0 Å². The summed E-state index contributed by atoms with van der Waals surface area (Å²) in [4.78, 5) is 13.8. The van der Waals surface area contributed by atoms with Crippen molar-refractivity contribution in [3.8, 4) is 5.75 Å². The smallest absolute Gasteiger partial charge is 0.416 e. The zero-order valence-electron chi connectivity index (χ0n) is 14.6. The summed E-state index contributed by atoms with van der Waals surface area (Å²) < 4.78 is 48.5. The van der Waals surface area contributed by atoms with Crippen molar-refractivity contribution in [1.82, 2.24) is 4.90 Å². The van der Waals surface area contributed by atoms with Crippen LogP contribution in [0.5, 0.6) is 5.75 Å². The summed E-state index contributed by atoms with van der Waals surface area (Å²) in [5, 5.41) is 0. The topological polar surface area (TPSA) is 38.8 Å². The number of alkyl halides is 3. The highest BCUT2D eigenvalue weighted by molar-refractivity contribution is 5.68. The van der Waals surface area contributed by atoms with E-state index in [9.17, 15) is 18.0 Å². The first-order chi connectivity index (χ1) is 12.9. The monoisotopic (exact) mass is 379 g/mol. The minimum Gasteiger partial charge on any atom is -0.493 e. The standard InChI is InChI=1S/C20H20F3NO3/c21-20(22,23)17-6-8-18(9-7-17)26-14-16-10-11-24(12-16)19(25)27-13-15-4-2-1-3-5-15/h1-9,16H,10-14H2/t16-/m0/s1. The van der Waals surface area contributed by atoms with Crippen LogP contribution in [0.15, 0.2) is 54.6 Å². The van der Waals surface area contributed by atoms with Crippen molar-refractivity contribution in [2.75, 3.05) is 19.7 Å². The lowest BCUT2D eigenvalue weighted by Gasteiger charge is -2.17. The molecular weight excluding hydrogens is 359 g/mol. The van der Waals surface area contributed by atoms with Gasteiger partial charge < -0.3 is 14.4 Å². The van der Waals surface area contributed by atoms with Crippen molar-refractivity contribution >= 4 is 6.09 Å². The minimum absolute atomic E-state index is 0.122. The van der Waals surface area contributed by atoms with Crippen LogP contribution in [0.4, 0.5) is 18.0 Å². The Bertz CT molecular complexity index is 747. The summed E-state index contributed by atoms with van der Waals surface area (Å²) in [6.07, 6.45) is -3.96. The summed E-state index contributed by atoms with van der Waals surface area (Å²) in [5.74, 6) is 0.504. The van der Waals surface area contributed by atoms with E-state index >= 15 is 0 Å². The Kier molecular flexibility index (Phi) is 5.88. The molecule has 0 aromatic heterocycles. The fourth-order valence-corrected chi connectivity index (χ4v) is 2.90. The zero-order chi connectivity index (χ0) is 19.3. The van der Waals surface area contributed by atoms with E-state index in [1.165, 1.54) is 12.1 Å². The first kappa shape index (κ1) is 19.1. The van der Waals surface area contributed by atoms with Gasteiger partial charge in [-0.25, -0.2) is 4.79 Å². The highest BCUT2D eigenvalue weighted by Crippen LogP contribution is 2.30. The van der Waals surface area contributed by atoms with E-state index in [0.717, 1.165) is 24.1 Å². The van der Waals surface area contributed by atoms with Gasteiger partial charge in [0.1, 0.15) is 12.4 Å². The van der Waals surface area contributed by atoms with Crippen LogP contribution in [-0.4, -0.2) is 30.7 Å². The van der Waals surface area contributed by atoms with Crippen molar-refractivity contribution in [2.45, 2.75) is 19.2 Å². The van der Waals surface area contributed by atoms with Gasteiger partial charge in [0.25, 0.3) is 0 Å². The molecule has 1 aliphatic heterocycles. The number of amides is 1. The third kappa shape index (κ3) is 5.39. The lowest BCUT2D eigenvalue weighted by atomic mass is 10.1. The van der Waals surface area contributed by atoms with E-state index in [1.807, 2.05) is 30.3 Å². The van der Waals surface area contributed by atoms with Crippen LogP contribution < -0.4 is 4.74 Å². The molecule has 0 radical (unpaired) electrons. The van der Waals surface area contributed by atoms with Crippen LogP contribution in [0.2, 0.25) is 0 Å². The Morgan fingerprint density at radius 1 is 1.07 bits per heavy atom. The molecule has 3 rings (SSSR count). The molecule has 1 atom stereocenters. The van der Waals surface area contributed by atoms with Gasteiger partial charge in [0.2, 0.25) is 0 Å². The third-order valence-electron chi connectivity index (χ3n) is 4.42. The summed E-state index contributed by atoms with van der Waals surface area (Å²) >= 11 is 0. The molecule has 2 aromatic rings. The molecule has 0 bridgehead atoms. The second-order valence-electron chi connectivity index (χ2n) is 6.47. The molecule has 1 saturated heterocycles. The number of benzene rings is 2. The number of nitrogens with zero attached hydrogens (tertiary/aromatic N) is 1. The Hall–Kier alpha value is -2.70. The van der Waals surface area contributed by atoms with Crippen molar-refractivity contribution in [3.05, 3.63) is 65.7 Å². The zero-order valence-corrected chi connectivity index (χ0v) is 14.6. The molecule has 0 unspecified atom stereocenters. The molecule has 0 N–H and O–H groups in total. The van der Waals surface area contributed by atoms with Gasteiger partial charge in [-0.2, -0.15) is 13.2 Å². The van der Waals surface area contributed by atoms with Crippen LogP contribution in [0.25, 0.3) is 0 Å². The van der Waals surface area contributed by atoms with E-state index in [-0.39, 0.29) is 18.6 Å². The van der Waals surface area contributed by atoms with Gasteiger partial charge in [-0.05, 0) is 36.2 Å². The number of halogens is 3. The second kappa shape index (κ2) is 8.33. The Labute approximate surface area is 155 Å². The van der Waals surface area contributed by atoms with Crippen molar-refractivity contribution in [2.24, 2.45) is 5.92 Å². The number of carbonyl (C=O) groups excluding carboxylic acids is 1. The van der Waals surface area contributed by atoms with E-state index in [4.69, 9.17) is 9.47 Å². The molecule has 144 valence electrons. The lowest BCUT2D eigenvalue weighted by molar-refractivity contribution is -0.137. The first-order valence-electron chi connectivity index (χ1n) is 8.67. The van der Waals surface area contributed by atoms with Crippen molar-refractivity contribution in [1.29, 1.82) is 0 Å². The molecule has 0 saturated carbocycles. The average Bonchev–Trinajstić information content (AvgIpc) is 3.14. The molecule has 1 amide bonds. The largest absolute Gasteiger partial charge is 0.493 e. The van der Waals surface area contributed by atoms with Gasteiger partial charge in [0.15, 0.2) is 0 Å². The summed E-state index contributed by atoms with van der Waals surface area (Å²) in [7, 11) is 0. The van der Waals surface area contributed by atoms with Crippen molar-refractivity contribution < 1.29 is 27.4 Å². The Morgan fingerprint density at radius 2 is 1.78 bits per heavy atom. The first-order valence-corrected chi connectivity index (χ1v) is 8.67. The molecule has 1 heterocycles. The molecule has 0 aliphatic carbocycles. The van der Waals surface area contributed by atoms with E-state index in [2.05, 4.69) is 0 Å². The van der Waals surface area contributed by atoms with Crippen LogP contribution in [0.1, 0.15) is 17.5 Å². The number of hydrogen-bond acceptors (Lipinski definition) is 3. The van der Waals surface area contributed by atoms with Gasteiger partial charge in [0, 0.05) is 19.0 Å². The lowest BCUT2D eigenvalue weighted by Crippen LogP contribution is -2.30. The summed E-state index contributed by atoms with van der Waals surface area (Å²) in [6, 6.07) is 14.0. The molecule has 1 fully saturated rings. The molecule has 7 heteroatoms. The molecule has 0 spiro atoms. The van der Waals surface area contributed by atoms with Crippen LogP contribution in [-0.2, 0) is 17.5 Å². The number of rotatable bonds is 5. The van der Waals surface area contributed by atoms with E-state index < -0.39 is 11.7 Å². The summed E-state index contributed by atoms with van der Waals surface area (Å²) in [5.41, 5.74) is 0.218. The van der Waals surface area contributed by atoms with Crippen LogP contribution in [0, 0.1) is 5.92 Å². The molecule has 2 aromatic carbocycles. The quantitative estimate of drug-likeness (QED) is 0.753. The Balaban J connectivity index is 1.42. The normalized spacial score (nSPS) is 17.0. The third-order valence-corrected chi connectivity index (χ3v) is 4.42. The van der Waals surface area contributed by atoms with Gasteiger partial charge in [0.05, 0.1) is 12.2 Å². The Morgan fingerprint density at radius 3 is 2.44 bits per heavy atom. The van der Waals surface area contributed by atoms with E-state index in [1.54, 1.807) is 4.90 Å². The number of carbonyl (C=O) groups is 1. The van der Waals surface area contributed by atoms with Gasteiger partial charge in [-0.3, -0.25) is 0 Å². The molecular formula is C20H20F3NO3. The number of ether oxygens (including phenoxy) is 2. The number of hydrogen-bond donors (Lipinski definition) is 0. The second-order valence-corrected chi connectivity index (χ2v) is 6.47. The maximum Gasteiger partial charge on any atom is 0.416 e. The number of likely N-dealkylation sites (tertiary alicyclic amines) is 1. The van der Waals surface area contributed by atoms with Crippen LogP contribution in [0.3, 0.4) is 0 Å². The van der Waals surface area contributed by atoms with E-state index in [0.29, 0.717) is 25.4 Å². The maximum atomic E-state index is 12.6. The summed E-state index contributed by atoms with van der Waals surface area (Å²) in [6.45, 7) is 1.65. The fraction of sp³-hybridized carbons (Fsp3) is 0.350. The predicted molar refractivity (Wildman–Crippen MR) is 93.2 cm³/mol. The fourth-order valence-electron chi connectivity index (χ4n) is 2.90. The highest BCUT2D eigenvalue weighted by atomic mass is 19.4. The average molecular weight is 379 g/mol. The maximum absolute atomic E-state index is 12.6. The highest BCUT2D eigenvalue weighted by Gasteiger charge is 2.30. The predicted octanol–water partition coefficient (Wildman–Crippen LogP) is 4.74. The molecule has 4 nitrogen and oxygen atoms in total. The SMILES string of the molecule is O=C(OCc1ccccc1)N1CC[C@H](COc2ccc(C(F)(F)F)cc2)C1. The molecule has 1 aliphatic rings. The van der Waals surface area contributed by atoms with Gasteiger partial charge in [-0.15, -0.1) is 0 Å². The minimum atomic E-state index is -4.36. The van der Waals surface area contributed by atoms with Crippen molar-refractivity contribution in [3.63, 3.8) is 0 Å². The van der Waals surface area contributed by atoms with Gasteiger partial charge >= 0.3 is 12.3 Å².